The molecule has 1 atom stereocenters. The van der Waals surface area contributed by atoms with E-state index in [-0.39, 0.29) is 17.3 Å². The fourth-order valence-electron chi connectivity index (χ4n) is 1.36. The van der Waals surface area contributed by atoms with Crippen LogP contribution in [-0.2, 0) is 11.3 Å². The molecule has 0 bridgehead atoms. The van der Waals surface area contributed by atoms with Gasteiger partial charge in [0.25, 0.3) is 5.56 Å². The Morgan fingerprint density at radius 3 is 2.95 bits per heavy atom. The summed E-state index contributed by atoms with van der Waals surface area (Å²) in [6.07, 6.45) is 1.80. The zero-order valence-electron chi connectivity index (χ0n) is 10.6. The molecule has 8 heteroatoms. The third kappa shape index (κ3) is 4.22. The average molecular weight is 289 g/mol. The van der Waals surface area contributed by atoms with Crippen molar-refractivity contribution in [3.05, 3.63) is 21.6 Å². The summed E-state index contributed by atoms with van der Waals surface area (Å²) in [5.74, 6) is -0.854. The number of amides is 1. The number of aromatic nitrogens is 2. The molecule has 0 fully saturated rings. The Balaban J connectivity index is 2.79. The van der Waals surface area contributed by atoms with Crippen molar-refractivity contribution in [1.29, 1.82) is 0 Å². The van der Waals surface area contributed by atoms with E-state index in [2.05, 4.69) is 10.4 Å². The van der Waals surface area contributed by atoms with Gasteiger partial charge in [-0.15, -0.1) is 0 Å². The van der Waals surface area contributed by atoms with E-state index in [0.29, 0.717) is 6.54 Å². The summed E-state index contributed by atoms with van der Waals surface area (Å²) in [5, 5.41) is 15.8. The Kier molecular flexibility index (Phi) is 5.78. The van der Waals surface area contributed by atoms with Gasteiger partial charge in [0.15, 0.2) is 0 Å². The summed E-state index contributed by atoms with van der Waals surface area (Å²) >= 11 is 5.91. The fraction of sp³-hybridized carbons (Fsp3) is 0.545. The molecule has 1 heterocycles. The maximum absolute atomic E-state index is 11.8. The van der Waals surface area contributed by atoms with E-state index in [1.54, 1.807) is 0 Å². The van der Waals surface area contributed by atoms with Crippen LogP contribution in [0.3, 0.4) is 0 Å². The van der Waals surface area contributed by atoms with Crippen LogP contribution >= 0.6 is 11.6 Å². The molecule has 0 aliphatic carbocycles. The third-order valence-electron chi connectivity index (χ3n) is 2.52. The highest BCUT2D eigenvalue weighted by Gasteiger charge is 2.13. The number of unbranched alkanes of at least 4 members (excludes halogenated alkanes) is 1. The lowest BCUT2D eigenvalue weighted by Crippen LogP contribution is -2.34. The molecule has 0 aliphatic heterocycles. The first kappa shape index (κ1) is 15.5. The van der Waals surface area contributed by atoms with Gasteiger partial charge < -0.3 is 16.2 Å². The van der Waals surface area contributed by atoms with Crippen molar-refractivity contribution < 1.29 is 9.90 Å². The van der Waals surface area contributed by atoms with Crippen molar-refractivity contribution in [3.63, 3.8) is 0 Å². The highest BCUT2D eigenvalue weighted by atomic mass is 35.5. The van der Waals surface area contributed by atoms with Gasteiger partial charge in [0.2, 0.25) is 5.91 Å². The smallest absolute Gasteiger partial charge is 0.287 e. The summed E-state index contributed by atoms with van der Waals surface area (Å²) in [6, 6.07) is 0. The molecule has 0 spiro atoms. The number of carbonyl (C=O) groups is 1. The Bertz CT molecular complexity index is 503. The van der Waals surface area contributed by atoms with Crippen molar-refractivity contribution in [2.24, 2.45) is 5.73 Å². The standard InChI is InChI=1S/C11H17ClN4O3/c1-2-3-4-16-11(19)9(12)7(5-15-16)14-6-8(17)10(13)18/h5,8,14,17H,2-4,6H2,1H3,(H2,13,18). The first-order valence-electron chi connectivity index (χ1n) is 5.94. The monoisotopic (exact) mass is 288 g/mol. The number of primary amides is 1. The van der Waals surface area contributed by atoms with Gasteiger partial charge in [0, 0.05) is 13.1 Å². The van der Waals surface area contributed by atoms with Gasteiger partial charge in [0.1, 0.15) is 11.1 Å². The largest absolute Gasteiger partial charge is 0.381 e. The van der Waals surface area contributed by atoms with E-state index in [0.717, 1.165) is 12.8 Å². The normalized spacial score (nSPS) is 12.2. The van der Waals surface area contributed by atoms with Crippen LogP contribution in [0.15, 0.2) is 11.0 Å². The number of aliphatic hydroxyl groups is 1. The molecule has 4 N–H and O–H groups in total. The van der Waals surface area contributed by atoms with Crippen LogP contribution < -0.4 is 16.6 Å². The highest BCUT2D eigenvalue weighted by molar-refractivity contribution is 6.32. The van der Waals surface area contributed by atoms with Gasteiger partial charge in [-0.2, -0.15) is 5.10 Å². The average Bonchev–Trinajstić information content (AvgIpc) is 2.38. The van der Waals surface area contributed by atoms with E-state index in [4.69, 9.17) is 17.3 Å². The van der Waals surface area contributed by atoms with E-state index in [9.17, 15) is 14.7 Å². The number of anilines is 1. The molecule has 0 radical (unpaired) electrons. The van der Waals surface area contributed by atoms with Crippen LogP contribution in [0.2, 0.25) is 5.02 Å². The molecule has 19 heavy (non-hydrogen) atoms. The van der Waals surface area contributed by atoms with Crippen LogP contribution in [0.1, 0.15) is 19.8 Å². The molecule has 106 valence electrons. The van der Waals surface area contributed by atoms with Crippen molar-refractivity contribution in [3.8, 4) is 0 Å². The summed E-state index contributed by atoms with van der Waals surface area (Å²) in [4.78, 5) is 22.5. The minimum Gasteiger partial charge on any atom is -0.381 e. The second kappa shape index (κ2) is 7.10. The first-order valence-corrected chi connectivity index (χ1v) is 6.32. The number of rotatable bonds is 7. The van der Waals surface area contributed by atoms with Gasteiger partial charge in [-0.3, -0.25) is 9.59 Å². The lowest BCUT2D eigenvalue weighted by atomic mass is 10.3. The van der Waals surface area contributed by atoms with Gasteiger partial charge >= 0.3 is 0 Å². The maximum atomic E-state index is 11.8. The number of nitrogens with one attached hydrogen (secondary N) is 1. The van der Waals surface area contributed by atoms with Gasteiger partial charge in [-0.25, -0.2) is 4.68 Å². The SMILES string of the molecule is CCCCn1ncc(NCC(O)C(N)=O)c(Cl)c1=O. The lowest BCUT2D eigenvalue weighted by molar-refractivity contribution is -0.125. The summed E-state index contributed by atoms with van der Waals surface area (Å²) in [5.41, 5.74) is 4.76. The number of hydrogen-bond donors (Lipinski definition) is 3. The van der Waals surface area contributed by atoms with E-state index < -0.39 is 17.6 Å². The third-order valence-corrected chi connectivity index (χ3v) is 2.89. The quantitative estimate of drug-likeness (QED) is 0.652. The molecule has 1 amide bonds. The number of aryl methyl sites for hydroxylation is 1. The van der Waals surface area contributed by atoms with Crippen molar-refractivity contribution in [2.45, 2.75) is 32.4 Å². The number of hydrogen-bond acceptors (Lipinski definition) is 5. The van der Waals surface area contributed by atoms with Crippen LogP contribution in [0, 0.1) is 0 Å². The fourth-order valence-corrected chi connectivity index (χ4v) is 1.58. The Morgan fingerprint density at radius 1 is 1.68 bits per heavy atom. The molecule has 1 rings (SSSR count). The molecule has 0 saturated carbocycles. The molecular weight excluding hydrogens is 272 g/mol. The predicted octanol–water partition coefficient (Wildman–Crippen LogP) is -0.0451. The van der Waals surface area contributed by atoms with Gasteiger partial charge in [-0.05, 0) is 6.42 Å². The predicted molar refractivity (Wildman–Crippen MR) is 72.1 cm³/mol. The van der Waals surface area contributed by atoms with Crippen molar-refractivity contribution >= 4 is 23.2 Å². The first-order chi connectivity index (χ1) is 8.97. The Labute approximate surface area is 115 Å². The van der Waals surface area contributed by atoms with Crippen LogP contribution in [0.4, 0.5) is 5.69 Å². The van der Waals surface area contributed by atoms with Crippen LogP contribution in [-0.4, -0.2) is 33.4 Å². The van der Waals surface area contributed by atoms with Crippen LogP contribution in [0.25, 0.3) is 0 Å². The lowest BCUT2D eigenvalue weighted by Gasteiger charge is -2.11. The molecule has 0 aromatic carbocycles. The summed E-state index contributed by atoms with van der Waals surface area (Å²) in [7, 11) is 0. The van der Waals surface area contributed by atoms with E-state index >= 15 is 0 Å². The summed E-state index contributed by atoms with van der Waals surface area (Å²) in [6.45, 7) is 2.38. The molecule has 0 aliphatic rings. The maximum Gasteiger partial charge on any atom is 0.287 e. The Hall–Kier alpha value is -1.60. The second-order valence-electron chi connectivity index (χ2n) is 4.05. The molecular formula is C11H17ClN4O3. The van der Waals surface area contributed by atoms with E-state index in [1.165, 1.54) is 10.9 Å². The van der Waals surface area contributed by atoms with Gasteiger partial charge in [-0.1, -0.05) is 24.9 Å². The van der Waals surface area contributed by atoms with Crippen molar-refractivity contribution in [1.82, 2.24) is 9.78 Å². The second-order valence-corrected chi connectivity index (χ2v) is 4.43. The Morgan fingerprint density at radius 2 is 2.37 bits per heavy atom. The zero-order chi connectivity index (χ0) is 14.4. The molecule has 1 unspecified atom stereocenters. The molecule has 1 aromatic rings. The minimum absolute atomic E-state index is 0.0252. The highest BCUT2D eigenvalue weighted by Crippen LogP contribution is 2.15. The number of halogens is 1. The van der Waals surface area contributed by atoms with Crippen LogP contribution in [0.5, 0.6) is 0 Å². The molecule has 1 aromatic heterocycles. The van der Waals surface area contributed by atoms with Gasteiger partial charge in [0.05, 0.1) is 11.9 Å². The summed E-state index contributed by atoms with van der Waals surface area (Å²) < 4.78 is 1.28. The minimum atomic E-state index is -1.35. The molecule has 7 nitrogen and oxygen atoms in total. The number of nitrogens with zero attached hydrogens (tertiary/aromatic N) is 2. The van der Waals surface area contributed by atoms with E-state index in [1.807, 2.05) is 6.92 Å². The zero-order valence-corrected chi connectivity index (χ0v) is 11.4. The number of aliphatic hydroxyl groups excluding tert-OH is 1. The van der Waals surface area contributed by atoms with Crippen molar-refractivity contribution in [2.75, 3.05) is 11.9 Å². The topological polar surface area (TPSA) is 110 Å². The molecule has 0 saturated heterocycles. The number of carbonyl (C=O) groups excluding carboxylic acids is 1. The number of nitrogens with two attached hydrogens (primary N) is 1.